The van der Waals surface area contributed by atoms with E-state index in [2.05, 4.69) is 0 Å². The molecule has 0 aromatic heterocycles. The minimum Gasteiger partial charge on any atom is -0.444 e. The molecule has 1 aliphatic rings. The van der Waals surface area contributed by atoms with Gasteiger partial charge in [-0.15, -0.1) is 0 Å². The minimum atomic E-state index is -0.740. The maximum atomic E-state index is 11.9. The van der Waals surface area contributed by atoms with Crippen LogP contribution in [0.4, 0.5) is 4.79 Å². The Hall–Kier alpha value is -1.57. The van der Waals surface area contributed by atoms with Gasteiger partial charge >= 0.3 is 6.09 Å². The quantitative estimate of drug-likeness (QED) is 0.644. The Balaban J connectivity index is 2.76. The lowest BCUT2D eigenvalue weighted by Crippen LogP contribution is -2.51. The van der Waals surface area contributed by atoms with E-state index in [1.54, 1.807) is 27.7 Å². The number of carbonyl (C=O) groups excluding carboxylic acids is 2. The first-order chi connectivity index (χ1) is 7.76. The van der Waals surface area contributed by atoms with Crippen molar-refractivity contribution in [3.8, 4) is 6.07 Å². The molecule has 0 N–H and O–H groups in total. The molecular formula is C12H18N2O3. The van der Waals surface area contributed by atoms with E-state index in [0.29, 0.717) is 6.54 Å². The highest BCUT2D eigenvalue weighted by atomic mass is 16.6. The van der Waals surface area contributed by atoms with E-state index in [9.17, 15) is 9.59 Å². The van der Waals surface area contributed by atoms with Crippen LogP contribution < -0.4 is 0 Å². The van der Waals surface area contributed by atoms with Gasteiger partial charge in [-0.1, -0.05) is 0 Å². The second-order valence-corrected chi connectivity index (χ2v) is 5.24. The van der Waals surface area contributed by atoms with Gasteiger partial charge in [-0.05, 0) is 27.7 Å². The second kappa shape index (κ2) is 4.74. The first-order valence-electron chi connectivity index (χ1n) is 5.68. The van der Waals surface area contributed by atoms with Crippen molar-refractivity contribution in [3.05, 3.63) is 0 Å². The van der Waals surface area contributed by atoms with Crippen molar-refractivity contribution < 1.29 is 14.3 Å². The van der Waals surface area contributed by atoms with E-state index in [-0.39, 0.29) is 12.2 Å². The van der Waals surface area contributed by atoms with Gasteiger partial charge in [0.1, 0.15) is 11.5 Å². The lowest BCUT2D eigenvalue weighted by Gasteiger charge is -2.36. The smallest absolute Gasteiger partial charge is 0.410 e. The van der Waals surface area contributed by atoms with Crippen LogP contribution in [-0.2, 0) is 9.53 Å². The molecule has 0 aromatic rings. The van der Waals surface area contributed by atoms with Gasteiger partial charge in [-0.3, -0.25) is 4.79 Å². The lowest BCUT2D eigenvalue weighted by atomic mass is 9.90. The Labute approximate surface area is 101 Å². The van der Waals surface area contributed by atoms with Crippen molar-refractivity contribution in [2.45, 2.75) is 45.8 Å². The first-order valence-corrected chi connectivity index (χ1v) is 5.68. The van der Waals surface area contributed by atoms with Gasteiger partial charge in [0.05, 0.1) is 12.1 Å². The molecule has 17 heavy (non-hydrogen) atoms. The molecule has 2 atom stereocenters. The highest BCUT2D eigenvalue weighted by Crippen LogP contribution is 2.22. The van der Waals surface area contributed by atoms with Gasteiger partial charge in [0.2, 0.25) is 0 Å². The van der Waals surface area contributed by atoms with Crippen molar-refractivity contribution in [1.29, 1.82) is 5.26 Å². The van der Waals surface area contributed by atoms with Crippen LogP contribution in [0, 0.1) is 17.2 Å². The largest absolute Gasteiger partial charge is 0.444 e. The van der Waals surface area contributed by atoms with Gasteiger partial charge in [-0.2, -0.15) is 5.26 Å². The third kappa shape index (κ3) is 3.19. The third-order valence-electron chi connectivity index (χ3n) is 2.69. The zero-order valence-corrected chi connectivity index (χ0v) is 10.7. The van der Waals surface area contributed by atoms with E-state index < -0.39 is 23.7 Å². The summed E-state index contributed by atoms with van der Waals surface area (Å²) in [5.74, 6) is -0.837. The predicted molar refractivity (Wildman–Crippen MR) is 61.1 cm³/mol. The van der Waals surface area contributed by atoms with Crippen LogP contribution in [0.15, 0.2) is 0 Å². The van der Waals surface area contributed by atoms with Crippen molar-refractivity contribution in [2.75, 3.05) is 6.54 Å². The van der Waals surface area contributed by atoms with Crippen LogP contribution in [0.2, 0.25) is 0 Å². The molecule has 1 saturated heterocycles. The van der Waals surface area contributed by atoms with Gasteiger partial charge in [0, 0.05) is 13.0 Å². The van der Waals surface area contributed by atoms with Crippen molar-refractivity contribution in [1.82, 2.24) is 4.90 Å². The van der Waals surface area contributed by atoms with Gasteiger partial charge < -0.3 is 9.64 Å². The monoisotopic (exact) mass is 238 g/mol. The van der Waals surface area contributed by atoms with E-state index in [1.807, 2.05) is 6.07 Å². The molecule has 1 amide bonds. The van der Waals surface area contributed by atoms with E-state index in [1.165, 1.54) is 4.90 Å². The summed E-state index contributed by atoms with van der Waals surface area (Å²) in [5, 5.41) is 8.91. The summed E-state index contributed by atoms with van der Waals surface area (Å²) in [6.07, 6.45) is -0.236. The Morgan fingerprint density at radius 3 is 2.59 bits per heavy atom. The molecule has 0 aliphatic carbocycles. The number of piperidine rings is 1. The molecule has 0 radical (unpaired) electrons. The predicted octanol–water partition coefficient (Wildman–Crippen LogP) is 1.72. The standard InChI is InChI=1S/C12H18N2O3/c1-8-9(7-13)10(15)5-6-14(8)11(16)17-12(2,3)4/h8-9H,5-6H2,1-4H3. The van der Waals surface area contributed by atoms with E-state index in [0.717, 1.165) is 0 Å². The number of carbonyl (C=O) groups is 2. The minimum absolute atomic E-state index is 0.0974. The Kier molecular flexibility index (Phi) is 3.76. The Morgan fingerprint density at radius 1 is 1.53 bits per heavy atom. The number of Topliss-reactive ketones (excluding diaryl/α,β-unsaturated/α-hetero) is 1. The maximum absolute atomic E-state index is 11.9. The summed E-state index contributed by atoms with van der Waals surface area (Å²) in [6, 6.07) is 1.53. The molecule has 5 heteroatoms. The average molecular weight is 238 g/mol. The molecule has 2 unspecified atom stereocenters. The molecule has 1 rings (SSSR count). The number of hydrogen-bond acceptors (Lipinski definition) is 4. The van der Waals surface area contributed by atoms with Crippen molar-refractivity contribution in [3.63, 3.8) is 0 Å². The summed E-state index contributed by atoms with van der Waals surface area (Å²) in [5.41, 5.74) is -0.569. The van der Waals surface area contributed by atoms with Crippen LogP contribution in [0.5, 0.6) is 0 Å². The summed E-state index contributed by atoms with van der Waals surface area (Å²) < 4.78 is 5.24. The van der Waals surface area contributed by atoms with E-state index >= 15 is 0 Å². The fraction of sp³-hybridized carbons (Fsp3) is 0.750. The average Bonchev–Trinajstić information content (AvgIpc) is 2.15. The topological polar surface area (TPSA) is 70.4 Å². The number of nitrogens with zero attached hydrogens (tertiary/aromatic N) is 2. The zero-order valence-electron chi connectivity index (χ0n) is 10.7. The summed E-state index contributed by atoms with van der Waals surface area (Å²) >= 11 is 0. The number of hydrogen-bond donors (Lipinski definition) is 0. The number of ether oxygens (including phenoxy) is 1. The molecule has 1 aliphatic heterocycles. The zero-order chi connectivity index (χ0) is 13.2. The van der Waals surface area contributed by atoms with Crippen molar-refractivity contribution in [2.24, 2.45) is 5.92 Å². The fourth-order valence-electron chi connectivity index (χ4n) is 1.80. The van der Waals surface area contributed by atoms with Crippen LogP contribution in [0.1, 0.15) is 34.1 Å². The van der Waals surface area contributed by atoms with Crippen LogP contribution in [0.25, 0.3) is 0 Å². The third-order valence-corrected chi connectivity index (χ3v) is 2.69. The Bertz CT molecular complexity index is 365. The highest BCUT2D eigenvalue weighted by molar-refractivity contribution is 5.86. The van der Waals surface area contributed by atoms with Gasteiger partial charge in [0.15, 0.2) is 5.78 Å². The number of ketones is 1. The molecule has 0 bridgehead atoms. The number of nitriles is 1. The van der Waals surface area contributed by atoms with Gasteiger partial charge in [0.25, 0.3) is 0 Å². The van der Waals surface area contributed by atoms with E-state index in [4.69, 9.17) is 10.00 Å². The molecule has 0 aromatic carbocycles. The Morgan fingerprint density at radius 2 is 2.12 bits per heavy atom. The SMILES string of the molecule is CC1C(C#N)C(=O)CCN1C(=O)OC(C)(C)C. The van der Waals surface area contributed by atoms with Crippen LogP contribution >= 0.6 is 0 Å². The molecule has 1 heterocycles. The first kappa shape index (κ1) is 13.5. The van der Waals surface area contributed by atoms with Gasteiger partial charge in [-0.25, -0.2) is 4.79 Å². The maximum Gasteiger partial charge on any atom is 0.410 e. The normalized spacial score (nSPS) is 25.4. The van der Waals surface area contributed by atoms with Crippen LogP contribution in [0.3, 0.4) is 0 Å². The molecule has 0 spiro atoms. The van der Waals surface area contributed by atoms with Crippen LogP contribution in [-0.4, -0.2) is 35.0 Å². The summed E-state index contributed by atoms with van der Waals surface area (Å²) in [6.45, 7) is 7.38. The number of amides is 1. The molecule has 5 nitrogen and oxygen atoms in total. The lowest BCUT2D eigenvalue weighted by molar-refractivity contribution is -0.125. The molecule has 94 valence electrons. The number of rotatable bonds is 0. The fourth-order valence-corrected chi connectivity index (χ4v) is 1.80. The second-order valence-electron chi connectivity index (χ2n) is 5.24. The summed E-state index contributed by atoms with van der Waals surface area (Å²) in [4.78, 5) is 24.8. The molecule has 0 saturated carbocycles. The highest BCUT2D eigenvalue weighted by Gasteiger charge is 2.38. The van der Waals surface area contributed by atoms with Crippen molar-refractivity contribution >= 4 is 11.9 Å². The molecular weight excluding hydrogens is 220 g/mol. The summed E-state index contributed by atoms with van der Waals surface area (Å²) in [7, 11) is 0. The number of likely N-dealkylation sites (tertiary alicyclic amines) is 1. The molecule has 1 fully saturated rings.